The molecule has 0 fully saturated rings. The number of hydrogen-bond acceptors (Lipinski definition) is 3. The van der Waals surface area contributed by atoms with Gasteiger partial charge in [-0.3, -0.25) is 0 Å². The Bertz CT molecular complexity index is 877. The van der Waals surface area contributed by atoms with Gasteiger partial charge < -0.3 is 19.9 Å². The third-order valence-corrected chi connectivity index (χ3v) is 4.18. The Morgan fingerprint density at radius 2 is 2.07 bits per heavy atom. The Kier molecular flexibility index (Phi) is 6.10. The van der Waals surface area contributed by atoms with Crippen molar-refractivity contribution >= 4 is 6.03 Å². The Morgan fingerprint density at radius 3 is 2.85 bits per heavy atom. The predicted octanol–water partition coefficient (Wildman–Crippen LogP) is 3.83. The molecule has 0 bridgehead atoms. The summed E-state index contributed by atoms with van der Waals surface area (Å²) in [5.41, 5.74) is 3.02. The van der Waals surface area contributed by atoms with Gasteiger partial charge in [0.1, 0.15) is 5.75 Å². The van der Waals surface area contributed by atoms with E-state index in [0.717, 1.165) is 22.6 Å². The fourth-order valence-corrected chi connectivity index (χ4v) is 2.79. The normalized spacial score (nSPS) is 11.6. The van der Waals surface area contributed by atoms with Crippen LogP contribution in [-0.2, 0) is 6.54 Å². The minimum Gasteiger partial charge on any atom is -0.494 e. The van der Waals surface area contributed by atoms with Gasteiger partial charge >= 0.3 is 6.03 Å². The highest BCUT2D eigenvalue weighted by molar-refractivity contribution is 5.74. The van der Waals surface area contributed by atoms with Gasteiger partial charge in [0.05, 0.1) is 19.0 Å². The predicted molar refractivity (Wildman–Crippen MR) is 105 cm³/mol. The minimum atomic E-state index is -0.211. The van der Waals surface area contributed by atoms with Crippen LogP contribution in [-0.4, -0.2) is 22.2 Å². The van der Waals surface area contributed by atoms with Gasteiger partial charge in [-0.05, 0) is 49.2 Å². The average molecular weight is 364 g/mol. The number of urea groups is 1. The van der Waals surface area contributed by atoms with Crippen molar-refractivity contribution in [1.82, 2.24) is 20.2 Å². The van der Waals surface area contributed by atoms with E-state index in [1.807, 2.05) is 73.1 Å². The van der Waals surface area contributed by atoms with Gasteiger partial charge in [-0.25, -0.2) is 9.78 Å². The summed E-state index contributed by atoms with van der Waals surface area (Å²) in [5.74, 6) is 0.807. The summed E-state index contributed by atoms with van der Waals surface area (Å²) in [4.78, 5) is 16.3. The van der Waals surface area contributed by atoms with Gasteiger partial charge in [-0.15, -0.1) is 0 Å². The van der Waals surface area contributed by atoms with Crippen LogP contribution < -0.4 is 15.4 Å². The van der Waals surface area contributed by atoms with E-state index in [0.29, 0.717) is 13.2 Å². The second kappa shape index (κ2) is 8.89. The SMILES string of the molecule is CCOc1cccc(CNC(=O)NC(C)c2cccc(-n3ccnc3)c2)c1. The van der Waals surface area contributed by atoms with Crippen molar-refractivity contribution in [3.05, 3.63) is 78.4 Å². The van der Waals surface area contributed by atoms with Crippen LogP contribution in [0.25, 0.3) is 5.69 Å². The standard InChI is InChI=1S/C21H24N4O2/c1-3-27-20-9-4-6-17(12-20)14-23-21(26)24-16(2)18-7-5-8-19(13-18)25-11-10-22-15-25/h4-13,15-16H,3,14H2,1-2H3,(H2,23,24,26). The van der Waals surface area contributed by atoms with Crippen LogP contribution in [0, 0.1) is 0 Å². The van der Waals surface area contributed by atoms with E-state index in [1.54, 1.807) is 12.5 Å². The number of nitrogens with zero attached hydrogens (tertiary/aromatic N) is 2. The molecule has 1 unspecified atom stereocenters. The monoisotopic (exact) mass is 364 g/mol. The fraction of sp³-hybridized carbons (Fsp3) is 0.238. The van der Waals surface area contributed by atoms with Crippen molar-refractivity contribution in [3.8, 4) is 11.4 Å². The molecular formula is C21H24N4O2. The van der Waals surface area contributed by atoms with Crippen molar-refractivity contribution in [3.63, 3.8) is 0 Å². The first-order valence-electron chi connectivity index (χ1n) is 9.00. The molecule has 6 nitrogen and oxygen atoms in total. The van der Waals surface area contributed by atoms with Gasteiger partial charge in [-0.1, -0.05) is 24.3 Å². The molecule has 1 atom stereocenters. The highest BCUT2D eigenvalue weighted by atomic mass is 16.5. The summed E-state index contributed by atoms with van der Waals surface area (Å²) in [6, 6.07) is 15.4. The van der Waals surface area contributed by atoms with E-state index in [-0.39, 0.29) is 12.1 Å². The van der Waals surface area contributed by atoms with Crippen LogP contribution in [0.5, 0.6) is 5.75 Å². The van der Waals surface area contributed by atoms with E-state index >= 15 is 0 Å². The summed E-state index contributed by atoms with van der Waals surface area (Å²) < 4.78 is 7.41. The van der Waals surface area contributed by atoms with Crippen molar-refractivity contribution in [2.75, 3.05) is 6.61 Å². The van der Waals surface area contributed by atoms with Crippen molar-refractivity contribution in [1.29, 1.82) is 0 Å². The lowest BCUT2D eigenvalue weighted by atomic mass is 10.1. The van der Waals surface area contributed by atoms with Crippen LogP contribution in [0.3, 0.4) is 0 Å². The molecule has 3 rings (SSSR count). The quantitative estimate of drug-likeness (QED) is 0.669. The molecule has 2 N–H and O–H groups in total. The topological polar surface area (TPSA) is 68.2 Å². The molecule has 1 aromatic heterocycles. The first-order chi connectivity index (χ1) is 13.2. The maximum atomic E-state index is 12.3. The number of carbonyl (C=O) groups excluding carboxylic acids is 1. The number of ether oxygens (including phenoxy) is 1. The summed E-state index contributed by atoms with van der Waals surface area (Å²) >= 11 is 0. The average Bonchev–Trinajstić information content (AvgIpc) is 3.22. The first-order valence-corrected chi connectivity index (χ1v) is 9.00. The maximum absolute atomic E-state index is 12.3. The summed E-state index contributed by atoms with van der Waals surface area (Å²) in [6.45, 7) is 4.96. The molecule has 0 aliphatic carbocycles. The van der Waals surface area contributed by atoms with Crippen molar-refractivity contribution in [2.24, 2.45) is 0 Å². The van der Waals surface area contributed by atoms with Gasteiger partial charge in [0.15, 0.2) is 0 Å². The van der Waals surface area contributed by atoms with Gasteiger partial charge in [-0.2, -0.15) is 0 Å². The van der Waals surface area contributed by atoms with Crippen LogP contribution in [0.1, 0.15) is 31.0 Å². The number of rotatable bonds is 7. The molecule has 0 spiro atoms. The Hall–Kier alpha value is -3.28. The lowest BCUT2D eigenvalue weighted by molar-refractivity contribution is 0.237. The molecule has 6 heteroatoms. The zero-order valence-electron chi connectivity index (χ0n) is 15.6. The van der Waals surface area contributed by atoms with E-state index < -0.39 is 0 Å². The Morgan fingerprint density at radius 1 is 1.22 bits per heavy atom. The molecule has 2 amide bonds. The molecule has 0 aliphatic heterocycles. The van der Waals surface area contributed by atoms with E-state index in [9.17, 15) is 4.79 Å². The maximum Gasteiger partial charge on any atom is 0.315 e. The van der Waals surface area contributed by atoms with Crippen LogP contribution in [0.2, 0.25) is 0 Å². The van der Waals surface area contributed by atoms with E-state index in [4.69, 9.17) is 4.74 Å². The number of aromatic nitrogens is 2. The van der Waals surface area contributed by atoms with E-state index in [2.05, 4.69) is 15.6 Å². The van der Waals surface area contributed by atoms with Gasteiger partial charge in [0.25, 0.3) is 0 Å². The van der Waals surface area contributed by atoms with Crippen LogP contribution in [0.4, 0.5) is 4.79 Å². The molecule has 0 saturated carbocycles. The molecule has 0 radical (unpaired) electrons. The lowest BCUT2D eigenvalue weighted by Crippen LogP contribution is -2.36. The van der Waals surface area contributed by atoms with Crippen LogP contribution in [0.15, 0.2) is 67.3 Å². The number of benzene rings is 2. The van der Waals surface area contributed by atoms with Gasteiger partial charge in [0.2, 0.25) is 0 Å². The van der Waals surface area contributed by atoms with Gasteiger partial charge in [0, 0.05) is 24.6 Å². The smallest absolute Gasteiger partial charge is 0.315 e. The molecular weight excluding hydrogens is 340 g/mol. The van der Waals surface area contributed by atoms with Crippen molar-refractivity contribution < 1.29 is 9.53 Å². The second-order valence-corrected chi connectivity index (χ2v) is 6.19. The number of imidazole rings is 1. The largest absolute Gasteiger partial charge is 0.494 e. The fourth-order valence-electron chi connectivity index (χ4n) is 2.79. The molecule has 0 aliphatic rings. The first kappa shape index (κ1) is 18.5. The third-order valence-electron chi connectivity index (χ3n) is 4.18. The molecule has 0 saturated heterocycles. The lowest BCUT2D eigenvalue weighted by Gasteiger charge is -2.16. The molecule has 1 heterocycles. The van der Waals surface area contributed by atoms with Crippen LogP contribution >= 0.6 is 0 Å². The second-order valence-electron chi connectivity index (χ2n) is 6.19. The number of hydrogen-bond donors (Lipinski definition) is 2. The zero-order valence-corrected chi connectivity index (χ0v) is 15.6. The molecule has 2 aromatic carbocycles. The number of nitrogens with one attached hydrogen (secondary N) is 2. The highest BCUT2D eigenvalue weighted by Gasteiger charge is 2.10. The third kappa shape index (κ3) is 5.10. The van der Waals surface area contributed by atoms with Crippen molar-refractivity contribution in [2.45, 2.75) is 26.4 Å². The highest BCUT2D eigenvalue weighted by Crippen LogP contribution is 2.17. The Labute approximate surface area is 159 Å². The number of carbonyl (C=O) groups is 1. The summed E-state index contributed by atoms with van der Waals surface area (Å²) in [6.07, 6.45) is 5.38. The Balaban J connectivity index is 1.56. The minimum absolute atomic E-state index is 0.122. The molecule has 3 aromatic rings. The summed E-state index contributed by atoms with van der Waals surface area (Å²) in [5, 5.41) is 5.86. The molecule has 140 valence electrons. The van der Waals surface area contributed by atoms with E-state index in [1.165, 1.54) is 0 Å². The zero-order chi connectivity index (χ0) is 19.1. The number of amides is 2. The molecule has 27 heavy (non-hydrogen) atoms. The summed E-state index contributed by atoms with van der Waals surface area (Å²) in [7, 11) is 0.